The maximum absolute atomic E-state index is 11.4. The van der Waals surface area contributed by atoms with E-state index in [-0.39, 0.29) is 0 Å². The number of carbonyl (C=O) groups is 1. The van der Waals surface area contributed by atoms with Gasteiger partial charge in [0, 0.05) is 19.1 Å². The number of amides is 1. The number of thiophene rings is 1. The van der Waals surface area contributed by atoms with Gasteiger partial charge in [0.25, 0.3) is 5.91 Å². The lowest BCUT2D eigenvalue weighted by Crippen LogP contribution is -2.41. The fraction of sp³-hybridized carbons (Fsp3) is 0.615. The molecule has 1 aromatic rings. The van der Waals surface area contributed by atoms with E-state index >= 15 is 0 Å². The normalized spacial score (nSPS) is 16.9. The molecule has 1 saturated heterocycles. The summed E-state index contributed by atoms with van der Waals surface area (Å²) in [5.41, 5.74) is 12.0. The third-order valence-corrected chi connectivity index (χ3v) is 6.02. The van der Waals surface area contributed by atoms with Gasteiger partial charge < -0.3 is 21.3 Å². The van der Waals surface area contributed by atoms with Gasteiger partial charge in [-0.2, -0.15) is 0 Å². The molecule has 1 aromatic heterocycles. The molecule has 1 fully saturated rings. The van der Waals surface area contributed by atoms with Crippen molar-refractivity contribution in [1.29, 1.82) is 0 Å². The van der Waals surface area contributed by atoms with Crippen LogP contribution in [0, 0.1) is 0 Å². The maximum Gasteiger partial charge on any atom is 0.261 e. The Balaban J connectivity index is 2.21. The van der Waals surface area contributed by atoms with Crippen LogP contribution in [0.3, 0.4) is 0 Å². The van der Waals surface area contributed by atoms with Gasteiger partial charge in [-0.05, 0) is 33.2 Å². The average Bonchev–Trinajstić information content (AvgIpc) is 2.75. The van der Waals surface area contributed by atoms with Crippen molar-refractivity contribution in [3.05, 3.63) is 4.88 Å². The van der Waals surface area contributed by atoms with Crippen molar-refractivity contribution in [2.75, 3.05) is 44.1 Å². The Bertz CT molecular complexity index is 493. The van der Waals surface area contributed by atoms with Gasteiger partial charge >= 0.3 is 0 Å². The highest BCUT2D eigenvalue weighted by Crippen LogP contribution is 2.44. The van der Waals surface area contributed by atoms with Crippen LogP contribution in [0.5, 0.6) is 0 Å². The van der Waals surface area contributed by atoms with E-state index in [2.05, 4.69) is 23.9 Å². The molecule has 0 spiro atoms. The minimum Gasteiger partial charge on any atom is -0.396 e. The van der Waals surface area contributed by atoms with Gasteiger partial charge in [-0.1, -0.05) is 0 Å². The van der Waals surface area contributed by atoms with Crippen molar-refractivity contribution < 1.29 is 4.79 Å². The molecular formula is C13H22N4OS2. The van der Waals surface area contributed by atoms with E-state index in [1.807, 2.05) is 6.26 Å². The molecule has 1 aliphatic rings. The van der Waals surface area contributed by atoms with Gasteiger partial charge in [-0.3, -0.25) is 4.79 Å². The van der Waals surface area contributed by atoms with Crippen LogP contribution in [-0.4, -0.2) is 50.3 Å². The number of nitrogens with zero attached hydrogens (tertiary/aromatic N) is 2. The lowest BCUT2D eigenvalue weighted by Gasteiger charge is -2.36. The molecule has 0 atom stereocenters. The molecule has 0 bridgehead atoms. The minimum atomic E-state index is -0.433. The number of piperidine rings is 1. The van der Waals surface area contributed by atoms with E-state index < -0.39 is 5.91 Å². The Morgan fingerprint density at radius 1 is 1.40 bits per heavy atom. The van der Waals surface area contributed by atoms with Gasteiger partial charge in [0.1, 0.15) is 9.88 Å². The first-order valence-electron chi connectivity index (χ1n) is 6.63. The Morgan fingerprint density at radius 3 is 2.45 bits per heavy atom. The van der Waals surface area contributed by atoms with Gasteiger partial charge in [-0.25, -0.2) is 0 Å². The molecule has 0 aliphatic carbocycles. The molecule has 4 N–H and O–H groups in total. The van der Waals surface area contributed by atoms with Crippen molar-refractivity contribution in [2.24, 2.45) is 5.73 Å². The lowest BCUT2D eigenvalue weighted by molar-refractivity contribution is 0.100. The summed E-state index contributed by atoms with van der Waals surface area (Å²) >= 11 is 3.01. The SMILES string of the molecule is CSc1c(N2CCC(N(C)C)CC2)sc(C(N)=O)c1N. The van der Waals surface area contributed by atoms with E-state index in [0.29, 0.717) is 16.6 Å². The smallest absolute Gasteiger partial charge is 0.261 e. The quantitative estimate of drug-likeness (QED) is 0.827. The fourth-order valence-corrected chi connectivity index (χ4v) is 4.68. The van der Waals surface area contributed by atoms with Crippen molar-refractivity contribution >= 4 is 39.7 Å². The van der Waals surface area contributed by atoms with Crippen LogP contribution in [0.25, 0.3) is 0 Å². The molecule has 0 saturated carbocycles. The van der Waals surface area contributed by atoms with Crippen molar-refractivity contribution in [1.82, 2.24) is 4.90 Å². The molecule has 1 aliphatic heterocycles. The topological polar surface area (TPSA) is 75.6 Å². The highest BCUT2D eigenvalue weighted by Gasteiger charge is 2.26. The van der Waals surface area contributed by atoms with Crippen LogP contribution in [0.4, 0.5) is 10.7 Å². The molecule has 5 nitrogen and oxygen atoms in total. The van der Waals surface area contributed by atoms with Crippen LogP contribution in [0.2, 0.25) is 0 Å². The van der Waals surface area contributed by atoms with Gasteiger partial charge in [0.05, 0.1) is 10.6 Å². The molecule has 0 aromatic carbocycles. The number of carbonyl (C=O) groups excluding carboxylic acids is 1. The second kappa shape index (κ2) is 6.24. The number of rotatable bonds is 4. The summed E-state index contributed by atoms with van der Waals surface area (Å²) in [6, 6.07) is 0.636. The number of nitrogen functional groups attached to an aromatic ring is 1. The monoisotopic (exact) mass is 314 g/mol. The molecule has 2 rings (SSSR count). The predicted molar refractivity (Wildman–Crippen MR) is 88.0 cm³/mol. The van der Waals surface area contributed by atoms with Crippen LogP contribution >= 0.6 is 23.1 Å². The molecule has 112 valence electrons. The van der Waals surface area contributed by atoms with Crippen molar-refractivity contribution in [2.45, 2.75) is 23.8 Å². The number of hydrogen-bond donors (Lipinski definition) is 2. The summed E-state index contributed by atoms with van der Waals surface area (Å²) in [6.45, 7) is 1.99. The number of hydrogen-bond acceptors (Lipinski definition) is 6. The molecular weight excluding hydrogens is 292 g/mol. The molecule has 0 radical (unpaired) electrons. The Morgan fingerprint density at radius 2 is 2.00 bits per heavy atom. The Labute approximate surface area is 128 Å². The standard InChI is InChI=1S/C13H22N4OS2/c1-16(2)8-4-6-17(7-5-8)13-11(19-3)9(14)10(20-13)12(15)18/h8H,4-7,14H2,1-3H3,(H2,15,18). The highest BCUT2D eigenvalue weighted by molar-refractivity contribution is 7.99. The number of primary amides is 1. The Hall–Kier alpha value is -0.920. The molecule has 2 heterocycles. The summed E-state index contributed by atoms with van der Waals surface area (Å²) < 4.78 is 0. The largest absolute Gasteiger partial charge is 0.396 e. The zero-order valence-electron chi connectivity index (χ0n) is 12.2. The molecule has 1 amide bonds. The maximum atomic E-state index is 11.4. The van der Waals surface area contributed by atoms with E-state index in [1.165, 1.54) is 11.3 Å². The van der Waals surface area contributed by atoms with Crippen LogP contribution < -0.4 is 16.4 Å². The zero-order valence-corrected chi connectivity index (χ0v) is 13.8. The number of nitrogens with two attached hydrogens (primary N) is 2. The van der Waals surface area contributed by atoms with Crippen LogP contribution in [-0.2, 0) is 0 Å². The summed E-state index contributed by atoms with van der Waals surface area (Å²) in [7, 11) is 4.25. The van der Waals surface area contributed by atoms with Crippen molar-refractivity contribution in [3.63, 3.8) is 0 Å². The van der Waals surface area contributed by atoms with Gasteiger partial charge in [0.15, 0.2) is 0 Å². The first kappa shape index (κ1) is 15.5. The summed E-state index contributed by atoms with van der Waals surface area (Å²) in [4.78, 5) is 17.5. The minimum absolute atomic E-state index is 0.433. The van der Waals surface area contributed by atoms with Crippen LogP contribution in [0.1, 0.15) is 22.5 Å². The number of thioether (sulfide) groups is 1. The summed E-state index contributed by atoms with van der Waals surface area (Å²) in [5.74, 6) is -0.433. The highest BCUT2D eigenvalue weighted by atomic mass is 32.2. The average molecular weight is 314 g/mol. The summed E-state index contributed by atoms with van der Waals surface area (Å²) in [6.07, 6.45) is 4.24. The molecule has 0 unspecified atom stereocenters. The van der Waals surface area contributed by atoms with E-state index in [9.17, 15) is 4.79 Å². The molecule has 7 heteroatoms. The predicted octanol–water partition coefficient (Wildman–Crippen LogP) is 1.68. The zero-order chi connectivity index (χ0) is 14.9. The van der Waals surface area contributed by atoms with E-state index in [1.54, 1.807) is 11.8 Å². The van der Waals surface area contributed by atoms with Crippen LogP contribution in [0.15, 0.2) is 4.90 Å². The fourth-order valence-electron chi connectivity index (χ4n) is 2.59. The van der Waals surface area contributed by atoms with Gasteiger partial charge in [-0.15, -0.1) is 23.1 Å². The lowest BCUT2D eigenvalue weighted by atomic mass is 10.0. The first-order chi connectivity index (χ1) is 9.45. The second-order valence-corrected chi connectivity index (χ2v) is 7.04. The van der Waals surface area contributed by atoms with Crippen molar-refractivity contribution in [3.8, 4) is 0 Å². The Kier molecular flexibility index (Phi) is 4.82. The van der Waals surface area contributed by atoms with E-state index in [4.69, 9.17) is 11.5 Å². The second-order valence-electron chi connectivity index (χ2n) is 5.23. The van der Waals surface area contributed by atoms with E-state index in [0.717, 1.165) is 35.8 Å². The number of anilines is 2. The molecule has 20 heavy (non-hydrogen) atoms. The van der Waals surface area contributed by atoms with Gasteiger partial charge in [0.2, 0.25) is 0 Å². The summed E-state index contributed by atoms with van der Waals surface area (Å²) in [5, 5.41) is 1.10. The third-order valence-electron chi connectivity index (χ3n) is 3.79. The first-order valence-corrected chi connectivity index (χ1v) is 8.67. The third kappa shape index (κ3) is 2.89.